The number of nitriles is 1. The van der Waals surface area contributed by atoms with Crippen LogP contribution in [0.15, 0.2) is 23.1 Å². The Morgan fingerprint density at radius 1 is 1.52 bits per heavy atom. The van der Waals surface area contributed by atoms with Crippen LogP contribution in [0.2, 0.25) is 0 Å². The second-order valence-electron chi connectivity index (χ2n) is 5.29. The monoisotopic (exact) mass is 311 g/mol. The number of benzene rings is 1. The van der Waals surface area contributed by atoms with E-state index in [-0.39, 0.29) is 29.0 Å². The van der Waals surface area contributed by atoms with Crippen LogP contribution in [0.4, 0.5) is 4.39 Å². The average molecular weight is 311 g/mol. The summed E-state index contributed by atoms with van der Waals surface area (Å²) in [6.07, 6.45) is 1.70. The Kier molecular flexibility index (Phi) is 4.61. The van der Waals surface area contributed by atoms with E-state index in [9.17, 15) is 12.8 Å². The predicted molar refractivity (Wildman–Crippen MR) is 76.2 cm³/mol. The van der Waals surface area contributed by atoms with Gasteiger partial charge in [0.15, 0.2) is 0 Å². The Hall–Kier alpha value is -1.49. The predicted octanol–water partition coefficient (Wildman–Crippen LogP) is 1.45. The van der Waals surface area contributed by atoms with Gasteiger partial charge in [-0.3, -0.25) is 0 Å². The summed E-state index contributed by atoms with van der Waals surface area (Å²) in [6, 6.07) is 4.68. The van der Waals surface area contributed by atoms with Gasteiger partial charge in [0.05, 0.1) is 10.5 Å². The highest BCUT2D eigenvalue weighted by atomic mass is 32.2. The summed E-state index contributed by atoms with van der Waals surface area (Å²) in [4.78, 5) is -0.0620. The smallest absolute Gasteiger partial charge is 0.243 e. The molecule has 0 aliphatic carbocycles. The van der Waals surface area contributed by atoms with Gasteiger partial charge < -0.3 is 5.73 Å². The Morgan fingerprint density at radius 2 is 2.24 bits per heavy atom. The van der Waals surface area contributed by atoms with Crippen LogP contribution in [0, 0.1) is 23.1 Å². The van der Waals surface area contributed by atoms with Crippen LogP contribution in [0.3, 0.4) is 0 Å². The molecule has 114 valence electrons. The van der Waals surface area contributed by atoms with E-state index in [0.717, 1.165) is 25.0 Å². The van der Waals surface area contributed by atoms with Crippen molar-refractivity contribution in [2.75, 3.05) is 13.1 Å². The van der Waals surface area contributed by atoms with Gasteiger partial charge in [-0.05, 0) is 37.0 Å². The summed E-state index contributed by atoms with van der Waals surface area (Å²) >= 11 is 0. The van der Waals surface area contributed by atoms with Gasteiger partial charge in [-0.2, -0.15) is 9.57 Å². The molecule has 21 heavy (non-hydrogen) atoms. The highest BCUT2D eigenvalue weighted by molar-refractivity contribution is 7.89. The maximum absolute atomic E-state index is 13.4. The maximum atomic E-state index is 13.4. The largest absolute Gasteiger partial charge is 0.329 e. The number of piperidine rings is 1. The van der Waals surface area contributed by atoms with E-state index in [4.69, 9.17) is 11.0 Å². The molecular weight excluding hydrogens is 293 g/mol. The van der Waals surface area contributed by atoms with Crippen molar-refractivity contribution in [1.82, 2.24) is 4.31 Å². The first-order valence-electron chi connectivity index (χ1n) is 6.83. The molecule has 2 N–H and O–H groups in total. The maximum Gasteiger partial charge on any atom is 0.243 e. The molecule has 5 nitrogen and oxygen atoms in total. The molecule has 0 aromatic heterocycles. The summed E-state index contributed by atoms with van der Waals surface area (Å²) in [5.74, 6) is -0.548. The third kappa shape index (κ3) is 2.93. The minimum atomic E-state index is -3.77. The van der Waals surface area contributed by atoms with Crippen LogP contribution in [0.5, 0.6) is 0 Å². The van der Waals surface area contributed by atoms with Crippen LogP contribution in [-0.4, -0.2) is 31.9 Å². The summed E-state index contributed by atoms with van der Waals surface area (Å²) in [5.41, 5.74) is 5.45. The molecular formula is C14H18FN3O2S. The third-order valence-corrected chi connectivity index (χ3v) is 5.89. The van der Waals surface area contributed by atoms with Crippen molar-refractivity contribution in [1.29, 1.82) is 5.26 Å². The molecule has 0 saturated carbocycles. The molecule has 2 atom stereocenters. The molecule has 0 radical (unpaired) electrons. The molecule has 0 amide bonds. The number of rotatable bonds is 3. The molecule has 2 rings (SSSR count). The lowest BCUT2D eigenvalue weighted by molar-refractivity contribution is 0.192. The Balaban J connectivity index is 2.44. The van der Waals surface area contributed by atoms with Crippen molar-refractivity contribution in [2.24, 2.45) is 11.7 Å². The van der Waals surface area contributed by atoms with Gasteiger partial charge in [0.1, 0.15) is 11.9 Å². The topological polar surface area (TPSA) is 87.2 Å². The lowest BCUT2D eigenvalue weighted by atomic mass is 9.93. The second kappa shape index (κ2) is 6.10. The van der Waals surface area contributed by atoms with E-state index in [0.29, 0.717) is 6.54 Å². The van der Waals surface area contributed by atoms with Crippen LogP contribution in [-0.2, 0) is 10.0 Å². The van der Waals surface area contributed by atoms with Gasteiger partial charge in [-0.25, -0.2) is 12.8 Å². The molecule has 1 aliphatic rings. The minimum absolute atomic E-state index is 0.0620. The highest BCUT2D eigenvalue weighted by Crippen LogP contribution is 2.29. The highest BCUT2D eigenvalue weighted by Gasteiger charge is 2.36. The van der Waals surface area contributed by atoms with Crippen molar-refractivity contribution in [3.05, 3.63) is 29.6 Å². The van der Waals surface area contributed by atoms with Crippen LogP contribution >= 0.6 is 0 Å². The van der Waals surface area contributed by atoms with Crippen molar-refractivity contribution >= 4 is 10.0 Å². The number of hydrogen-bond acceptors (Lipinski definition) is 4. The number of nitrogens with two attached hydrogens (primary N) is 1. The number of sulfonamides is 1. The van der Waals surface area contributed by atoms with Crippen LogP contribution < -0.4 is 5.73 Å². The van der Waals surface area contributed by atoms with E-state index in [1.165, 1.54) is 10.4 Å². The van der Waals surface area contributed by atoms with Gasteiger partial charge in [0, 0.05) is 19.1 Å². The number of nitrogens with zero attached hydrogens (tertiary/aromatic N) is 2. The fraction of sp³-hybridized carbons (Fsp3) is 0.500. The zero-order valence-corrected chi connectivity index (χ0v) is 12.6. The summed E-state index contributed by atoms with van der Waals surface area (Å²) in [7, 11) is -3.77. The van der Waals surface area contributed by atoms with Crippen molar-refractivity contribution in [2.45, 2.75) is 30.7 Å². The SMILES string of the molecule is CC1CCCN(S(=O)(=O)c2ccc(F)c(C#N)c2)C1CN. The standard InChI is InChI=1S/C14H18FN3O2S/c1-10-3-2-6-18(14(10)9-17)21(19,20)12-4-5-13(15)11(7-12)8-16/h4-5,7,10,14H,2-3,6,9,17H2,1H3. The zero-order valence-electron chi connectivity index (χ0n) is 11.8. The van der Waals surface area contributed by atoms with Gasteiger partial charge in [0.2, 0.25) is 10.0 Å². The van der Waals surface area contributed by atoms with E-state index in [1.807, 2.05) is 6.92 Å². The fourth-order valence-corrected chi connectivity index (χ4v) is 4.54. The number of hydrogen-bond donors (Lipinski definition) is 1. The van der Waals surface area contributed by atoms with E-state index in [1.54, 1.807) is 6.07 Å². The third-order valence-electron chi connectivity index (χ3n) is 3.97. The van der Waals surface area contributed by atoms with Crippen molar-refractivity contribution in [3.8, 4) is 6.07 Å². The van der Waals surface area contributed by atoms with Crippen LogP contribution in [0.1, 0.15) is 25.3 Å². The first-order chi connectivity index (χ1) is 9.91. The molecule has 1 aliphatic heterocycles. The van der Waals surface area contributed by atoms with Crippen LogP contribution in [0.25, 0.3) is 0 Å². The molecule has 1 saturated heterocycles. The normalized spacial score (nSPS) is 23.7. The second-order valence-corrected chi connectivity index (χ2v) is 7.18. The van der Waals surface area contributed by atoms with E-state index >= 15 is 0 Å². The van der Waals surface area contributed by atoms with Crippen molar-refractivity contribution < 1.29 is 12.8 Å². The van der Waals surface area contributed by atoms with Gasteiger partial charge in [-0.1, -0.05) is 6.92 Å². The molecule has 1 aromatic carbocycles. The first-order valence-corrected chi connectivity index (χ1v) is 8.27. The summed E-state index contributed by atoms with van der Waals surface area (Å²) in [6.45, 7) is 2.62. The van der Waals surface area contributed by atoms with E-state index in [2.05, 4.69) is 0 Å². The van der Waals surface area contributed by atoms with Gasteiger partial charge in [0.25, 0.3) is 0 Å². The molecule has 1 fully saturated rings. The van der Waals surface area contributed by atoms with Crippen molar-refractivity contribution in [3.63, 3.8) is 0 Å². The fourth-order valence-electron chi connectivity index (χ4n) is 2.75. The lowest BCUT2D eigenvalue weighted by Gasteiger charge is -2.38. The summed E-state index contributed by atoms with van der Waals surface area (Å²) < 4.78 is 40.2. The molecule has 1 aromatic rings. The molecule has 1 heterocycles. The quantitative estimate of drug-likeness (QED) is 0.915. The molecule has 2 unspecified atom stereocenters. The molecule has 7 heteroatoms. The minimum Gasteiger partial charge on any atom is -0.329 e. The lowest BCUT2D eigenvalue weighted by Crippen LogP contribution is -2.51. The summed E-state index contributed by atoms with van der Waals surface area (Å²) in [5, 5.41) is 8.84. The Bertz CT molecular complexity index is 669. The van der Waals surface area contributed by atoms with Gasteiger partial charge in [-0.15, -0.1) is 0 Å². The molecule has 0 spiro atoms. The van der Waals surface area contributed by atoms with E-state index < -0.39 is 15.8 Å². The number of halogens is 1. The molecule has 0 bridgehead atoms. The first kappa shape index (κ1) is 15.9. The van der Waals surface area contributed by atoms with Gasteiger partial charge >= 0.3 is 0 Å². The Morgan fingerprint density at radius 3 is 2.86 bits per heavy atom. The Labute approximate surface area is 124 Å². The zero-order chi connectivity index (χ0) is 15.6. The average Bonchev–Trinajstić information content (AvgIpc) is 2.47.